The maximum Gasteiger partial charge on any atom is 0.236 e. The normalized spacial score (nSPS) is 38.3. The molecule has 3 fully saturated rings. The lowest BCUT2D eigenvalue weighted by atomic mass is 9.87. The van der Waals surface area contributed by atoms with E-state index in [-0.39, 0.29) is 0 Å². The van der Waals surface area contributed by atoms with E-state index in [4.69, 9.17) is 0 Å². The zero-order chi connectivity index (χ0) is 15.7. The number of rotatable bonds is 4. The average molecular weight is 307 g/mol. The van der Waals surface area contributed by atoms with E-state index in [1.807, 2.05) is 11.9 Å². The van der Waals surface area contributed by atoms with E-state index in [2.05, 4.69) is 24.2 Å². The van der Waals surface area contributed by atoms with Gasteiger partial charge >= 0.3 is 0 Å². The Balaban J connectivity index is 1.48. The molecule has 0 aromatic carbocycles. The smallest absolute Gasteiger partial charge is 0.236 e. The maximum absolute atomic E-state index is 12.6. The first-order valence-corrected chi connectivity index (χ1v) is 9.25. The Morgan fingerprint density at radius 1 is 0.955 bits per heavy atom. The molecular weight excluding hydrogens is 274 g/mol. The predicted octanol–water partition coefficient (Wildman–Crippen LogP) is 2.24. The highest BCUT2D eigenvalue weighted by Crippen LogP contribution is 2.30. The Morgan fingerprint density at radius 2 is 1.55 bits per heavy atom. The van der Waals surface area contributed by atoms with Crippen LogP contribution < -0.4 is 5.32 Å². The summed E-state index contributed by atoms with van der Waals surface area (Å²) in [5.41, 5.74) is 0. The third-order valence-corrected chi connectivity index (χ3v) is 6.38. The van der Waals surface area contributed by atoms with Gasteiger partial charge in [-0.15, -0.1) is 0 Å². The molecule has 2 unspecified atom stereocenters. The first-order chi connectivity index (χ1) is 10.5. The van der Waals surface area contributed by atoms with Crippen molar-refractivity contribution in [3.8, 4) is 0 Å². The fourth-order valence-corrected chi connectivity index (χ4v) is 4.67. The van der Waals surface area contributed by atoms with Crippen molar-refractivity contribution in [1.29, 1.82) is 0 Å². The van der Waals surface area contributed by atoms with E-state index in [9.17, 15) is 4.79 Å². The fraction of sp³-hybridized carbons (Fsp3) is 0.944. The minimum absolute atomic E-state index is 0.313. The first kappa shape index (κ1) is 16.3. The van der Waals surface area contributed by atoms with Gasteiger partial charge in [0.2, 0.25) is 5.91 Å². The molecule has 22 heavy (non-hydrogen) atoms. The molecule has 2 aliphatic heterocycles. The topological polar surface area (TPSA) is 35.6 Å². The van der Waals surface area contributed by atoms with Crippen molar-refractivity contribution in [3.63, 3.8) is 0 Å². The van der Waals surface area contributed by atoms with Crippen LogP contribution in [0.3, 0.4) is 0 Å². The SMILES string of the molecule is CC1CCC(N(C)C(=O)CN(C)C2CC3CCC(C2)N3)CC1. The van der Waals surface area contributed by atoms with Gasteiger partial charge in [-0.3, -0.25) is 9.69 Å². The van der Waals surface area contributed by atoms with Crippen molar-refractivity contribution in [2.75, 3.05) is 20.6 Å². The number of carbonyl (C=O) groups excluding carboxylic acids is 1. The Kier molecular flexibility index (Phi) is 5.08. The van der Waals surface area contributed by atoms with Crippen LogP contribution in [0.15, 0.2) is 0 Å². The molecule has 3 aliphatic rings. The second kappa shape index (κ2) is 6.88. The van der Waals surface area contributed by atoms with E-state index in [0.717, 1.165) is 5.92 Å². The number of hydrogen-bond acceptors (Lipinski definition) is 3. The number of nitrogens with zero attached hydrogens (tertiary/aromatic N) is 2. The van der Waals surface area contributed by atoms with E-state index in [1.165, 1.54) is 51.4 Å². The van der Waals surface area contributed by atoms with E-state index < -0.39 is 0 Å². The van der Waals surface area contributed by atoms with Gasteiger partial charge in [-0.1, -0.05) is 6.92 Å². The van der Waals surface area contributed by atoms with Gasteiger partial charge in [0.05, 0.1) is 6.54 Å². The third kappa shape index (κ3) is 3.65. The summed E-state index contributed by atoms with van der Waals surface area (Å²) in [7, 11) is 4.16. The molecule has 0 aromatic heterocycles. The van der Waals surface area contributed by atoms with Gasteiger partial charge in [-0.25, -0.2) is 0 Å². The van der Waals surface area contributed by atoms with E-state index in [1.54, 1.807) is 0 Å². The number of piperidine rings is 1. The highest BCUT2D eigenvalue weighted by molar-refractivity contribution is 5.78. The molecule has 4 nitrogen and oxygen atoms in total. The summed E-state index contributed by atoms with van der Waals surface area (Å²) in [4.78, 5) is 17.0. The van der Waals surface area contributed by atoms with Crippen LogP contribution in [0.25, 0.3) is 0 Å². The molecular formula is C18H33N3O. The van der Waals surface area contributed by atoms with Crippen LogP contribution in [0.2, 0.25) is 0 Å². The number of nitrogens with one attached hydrogen (secondary N) is 1. The summed E-state index contributed by atoms with van der Waals surface area (Å²) in [5, 5.41) is 3.69. The zero-order valence-corrected chi connectivity index (χ0v) is 14.6. The number of likely N-dealkylation sites (N-methyl/N-ethyl adjacent to an activating group) is 2. The molecule has 0 spiro atoms. The van der Waals surface area contributed by atoms with Gasteiger partial charge in [0, 0.05) is 31.2 Å². The molecule has 126 valence electrons. The van der Waals surface area contributed by atoms with Crippen LogP contribution in [0.4, 0.5) is 0 Å². The van der Waals surface area contributed by atoms with E-state index >= 15 is 0 Å². The lowest BCUT2D eigenvalue weighted by Gasteiger charge is -2.38. The van der Waals surface area contributed by atoms with Crippen LogP contribution >= 0.6 is 0 Å². The minimum atomic E-state index is 0.313. The Bertz CT molecular complexity index is 380. The molecule has 0 aromatic rings. The largest absolute Gasteiger partial charge is 0.342 e. The average Bonchev–Trinajstić information content (AvgIpc) is 2.85. The standard InChI is InChI=1S/C18H33N3O/c1-13-4-8-16(9-5-13)21(3)18(22)12-20(2)17-10-14-6-7-15(11-17)19-14/h13-17,19H,4-12H2,1-3H3. The highest BCUT2D eigenvalue weighted by Gasteiger charge is 2.36. The summed E-state index contributed by atoms with van der Waals surface area (Å²) in [6, 6.07) is 2.45. The Morgan fingerprint density at radius 3 is 2.14 bits per heavy atom. The van der Waals surface area contributed by atoms with E-state index in [0.29, 0.717) is 36.6 Å². The van der Waals surface area contributed by atoms with Crippen molar-refractivity contribution in [2.24, 2.45) is 5.92 Å². The zero-order valence-electron chi connectivity index (χ0n) is 14.6. The number of hydrogen-bond donors (Lipinski definition) is 1. The second-order valence-corrected chi connectivity index (χ2v) is 8.10. The maximum atomic E-state index is 12.6. The van der Waals surface area contributed by atoms with Gasteiger partial charge in [0.1, 0.15) is 0 Å². The van der Waals surface area contributed by atoms with Crippen molar-refractivity contribution >= 4 is 5.91 Å². The lowest BCUT2D eigenvalue weighted by molar-refractivity contribution is -0.134. The van der Waals surface area contributed by atoms with Crippen molar-refractivity contribution in [2.45, 2.75) is 82.5 Å². The molecule has 1 N–H and O–H groups in total. The quantitative estimate of drug-likeness (QED) is 0.865. The molecule has 1 saturated carbocycles. The van der Waals surface area contributed by atoms with Crippen LogP contribution in [0.1, 0.15) is 58.3 Å². The molecule has 3 rings (SSSR count). The summed E-state index contributed by atoms with van der Waals surface area (Å²) < 4.78 is 0. The lowest BCUT2D eigenvalue weighted by Crippen LogP contribution is -2.50. The highest BCUT2D eigenvalue weighted by atomic mass is 16.2. The van der Waals surface area contributed by atoms with Crippen molar-refractivity contribution in [3.05, 3.63) is 0 Å². The fourth-order valence-electron chi connectivity index (χ4n) is 4.67. The van der Waals surface area contributed by atoms with Crippen LogP contribution in [-0.2, 0) is 4.79 Å². The number of carbonyl (C=O) groups is 1. The van der Waals surface area contributed by atoms with Gasteiger partial charge in [-0.05, 0) is 64.3 Å². The second-order valence-electron chi connectivity index (χ2n) is 8.10. The van der Waals surface area contributed by atoms with Gasteiger partial charge < -0.3 is 10.2 Å². The number of amides is 1. The molecule has 2 atom stereocenters. The van der Waals surface area contributed by atoms with Crippen LogP contribution in [0.5, 0.6) is 0 Å². The molecule has 1 amide bonds. The molecule has 4 heteroatoms. The summed E-state index contributed by atoms with van der Waals surface area (Å²) >= 11 is 0. The summed E-state index contributed by atoms with van der Waals surface area (Å²) in [5.74, 6) is 1.15. The number of fused-ring (bicyclic) bond motifs is 2. The van der Waals surface area contributed by atoms with Gasteiger partial charge in [-0.2, -0.15) is 0 Å². The van der Waals surface area contributed by atoms with Crippen LogP contribution in [-0.4, -0.2) is 60.5 Å². The molecule has 2 heterocycles. The van der Waals surface area contributed by atoms with Crippen molar-refractivity contribution < 1.29 is 4.79 Å². The molecule has 1 aliphatic carbocycles. The van der Waals surface area contributed by atoms with Gasteiger partial charge in [0.25, 0.3) is 0 Å². The summed E-state index contributed by atoms with van der Waals surface area (Å²) in [6.07, 6.45) is 9.99. The molecule has 2 bridgehead atoms. The first-order valence-electron chi connectivity index (χ1n) is 9.25. The van der Waals surface area contributed by atoms with Crippen molar-refractivity contribution in [1.82, 2.24) is 15.1 Å². The predicted molar refractivity (Wildman–Crippen MR) is 89.8 cm³/mol. The Labute approximate surface area is 135 Å². The third-order valence-electron chi connectivity index (χ3n) is 6.38. The molecule has 0 radical (unpaired) electrons. The Hall–Kier alpha value is -0.610. The minimum Gasteiger partial charge on any atom is -0.342 e. The summed E-state index contributed by atoms with van der Waals surface area (Å²) in [6.45, 7) is 2.92. The van der Waals surface area contributed by atoms with Crippen LogP contribution in [0, 0.1) is 5.92 Å². The van der Waals surface area contributed by atoms with Gasteiger partial charge in [0.15, 0.2) is 0 Å². The molecule has 2 saturated heterocycles. The monoisotopic (exact) mass is 307 g/mol.